The molecule has 0 atom stereocenters. The summed E-state index contributed by atoms with van der Waals surface area (Å²) in [5, 5.41) is 0. The zero-order chi connectivity index (χ0) is 12.3. The van der Waals surface area contributed by atoms with E-state index < -0.39 is 0 Å². The van der Waals surface area contributed by atoms with Crippen molar-refractivity contribution in [1.82, 2.24) is 0 Å². The Bertz CT molecular complexity index is 347. The van der Waals surface area contributed by atoms with Crippen LogP contribution in [0.2, 0.25) is 4.34 Å². The number of rotatable bonds is 5. The lowest BCUT2D eigenvalue weighted by atomic mass is 9.78. The van der Waals surface area contributed by atoms with Crippen molar-refractivity contribution in [1.29, 1.82) is 0 Å². The van der Waals surface area contributed by atoms with Crippen LogP contribution in [0.5, 0.6) is 0 Å². The van der Waals surface area contributed by atoms with Gasteiger partial charge in [0.15, 0.2) is 0 Å². The standard InChI is InChI=1S/C14H22ClNS/c1-11-10-12(17-13(11)15)4-7-14(8-9-16)5-2-3-6-14/h10H,2-9,16H2,1H3. The quantitative estimate of drug-likeness (QED) is 0.835. The van der Waals surface area contributed by atoms with Crippen molar-refractivity contribution in [3.05, 3.63) is 20.8 Å². The predicted octanol–water partition coefficient (Wildman–Crippen LogP) is 4.55. The average Bonchev–Trinajstić information content (AvgIpc) is 2.86. The minimum Gasteiger partial charge on any atom is -0.330 e. The Morgan fingerprint density at radius 2 is 2.06 bits per heavy atom. The molecule has 1 aromatic heterocycles. The topological polar surface area (TPSA) is 26.0 Å². The Kier molecular flexibility index (Phi) is 4.51. The van der Waals surface area contributed by atoms with E-state index in [0.717, 1.165) is 10.9 Å². The van der Waals surface area contributed by atoms with E-state index in [2.05, 4.69) is 13.0 Å². The van der Waals surface area contributed by atoms with Gasteiger partial charge in [-0.1, -0.05) is 24.4 Å². The van der Waals surface area contributed by atoms with E-state index in [1.54, 1.807) is 11.3 Å². The van der Waals surface area contributed by atoms with Crippen molar-refractivity contribution >= 4 is 22.9 Å². The van der Waals surface area contributed by atoms with E-state index in [0.29, 0.717) is 5.41 Å². The first kappa shape index (κ1) is 13.4. The van der Waals surface area contributed by atoms with Crippen molar-refractivity contribution in [2.45, 2.75) is 51.9 Å². The second kappa shape index (κ2) is 5.73. The van der Waals surface area contributed by atoms with Crippen molar-refractivity contribution in [3.8, 4) is 0 Å². The summed E-state index contributed by atoms with van der Waals surface area (Å²) in [4.78, 5) is 1.44. The number of halogens is 1. The van der Waals surface area contributed by atoms with Crippen molar-refractivity contribution < 1.29 is 0 Å². The number of nitrogens with two attached hydrogens (primary N) is 1. The summed E-state index contributed by atoms with van der Waals surface area (Å²) < 4.78 is 0.958. The van der Waals surface area contributed by atoms with Gasteiger partial charge in [-0.3, -0.25) is 0 Å². The Morgan fingerprint density at radius 1 is 1.35 bits per heavy atom. The summed E-state index contributed by atoms with van der Waals surface area (Å²) in [6, 6.07) is 2.25. The molecule has 0 spiro atoms. The molecular formula is C14H22ClNS. The lowest BCUT2D eigenvalue weighted by molar-refractivity contribution is 0.254. The van der Waals surface area contributed by atoms with Crippen LogP contribution in [0.3, 0.4) is 0 Å². The van der Waals surface area contributed by atoms with Crippen LogP contribution in [0.25, 0.3) is 0 Å². The molecule has 1 aromatic rings. The van der Waals surface area contributed by atoms with Crippen LogP contribution in [0.15, 0.2) is 6.07 Å². The Balaban J connectivity index is 1.95. The van der Waals surface area contributed by atoms with E-state index >= 15 is 0 Å². The van der Waals surface area contributed by atoms with Crippen LogP contribution in [-0.2, 0) is 6.42 Å². The molecule has 0 bridgehead atoms. The second-order valence-corrected chi connectivity index (χ2v) is 7.15. The molecule has 3 heteroatoms. The highest BCUT2D eigenvalue weighted by Gasteiger charge is 2.32. The maximum Gasteiger partial charge on any atom is 0.0960 e. The maximum absolute atomic E-state index is 6.12. The fourth-order valence-electron chi connectivity index (χ4n) is 3.09. The minimum atomic E-state index is 0.541. The molecule has 0 unspecified atom stereocenters. The summed E-state index contributed by atoms with van der Waals surface area (Å²) in [6.45, 7) is 2.93. The predicted molar refractivity (Wildman–Crippen MR) is 77.0 cm³/mol. The van der Waals surface area contributed by atoms with Crippen LogP contribution >= 0.6 is 22.9 Å². The van der Waals surface area contributed by atoms with Gasteiger partial charge in [-0.05, 0) is 62.6 Å². The second-order valence-electron chi connectivity index (χ2n) is 5.42. The molecule has 1 saturated carbocycles. The Morgan fingerprint density at radius 3 is 2.59 bits per heavy atom. The zero-order valence-electron chi connectivity index (χ0n) is 10.6. The molecule has 0 aliphatic heterocycles. The third-order valence-corrected chi connectivity index (χ3v) is 5.76. The van der Waals surface area contributed by atoms with Gasteiger partial charge < -0.3 is 5.73 Å². The molecular weight excluding hydrogens is 250 g/mol. The first-order valence-corrected chi connectivity index (χ1v) is 7.80. The van der Waals surface area contributed by atoms with Crippen molar-refractivity contribution in [2.75, 3.05) is 6.54 Å². The highest BCUT2D eigenvalue weighted by Crippen LogP contribution is 2.45. The van der Waals surface area contributed by atoms with Crippen molar-refractivity contribution in [3.63, 3.8) is 0 Å². The lowest BCUT2D eigenvalue weighted by Gasteiger charge is -2.28. The molecule has 96 valence electrons. The van der Waals surface area contributed by atoms with Gasteiger partial charge in [0.2, 0.25) is 0 Å². The van der Waals surface area contributed by atoms with Crippen LogP contribution < -0.4 is 5.73 Å². The first-order chi connectivity index (χ1) is 8.15. The first-order valence-electron chi connectivity index (χ1n) is 6.60. The molecule has 0 amide bonds. The smallest absolute Gasteiger partial charge is 0.0960 e. The number of hydrogen-bond acceptors (Lipinski definition) is 2. The summed E-state index contributed by atoms with van der Waals surface area (Å²) in [7, 11) is 0. The average molecular weight is 272 g/mol. The molecule has 0 aromatic carbocycles. The summed E-state index contributed by atoms with van der Waals surface area (Å²) in [5.41, 5.74) is 7.54. The monoisotopic (exact) mass is 271 g/mol. The van der Waals surface area contributed by atoms with Gasteiger partial charge in [-0.15, -0.1) is 11.3 Å². The minimum absolute atomic E-state index is 0.541. The summed E-state index contributed by atoms with van der Waals surface area (Å²) in [6.07, 6.45) is 9.21. The third-order valence-electron chi connectivity index (χ3n) is 4.15. The van der Waals surface area contributed by atoms with Crippen LogP contribution in [0.4, 0.5) is 0 Å². The summed E-state index contributed by atoms with van der Waals surface area (Å²) in [5.74, 6) is 0. The molecule has 1 nitrogen and oxygen atoms in total. The van der Waals surface area contributed by atoms with Crippen LogP contribution in [-0.4, -0.2) is 6.54 Å². The highest BCUT2D eigenvalue weighted by molar-refractivity contribution is 7.16. The molecule has 17 heavy (non-hydrogen) atoms. The van der Waals surface area contributed by atoms with Gasteiger partial charge in [-0.25, -0.2) is 0 Å². The van der Waals surface area contributed by atoms with E-state index in [4.69, 9.17) is 17.3 Å². The van der Waals surface area contributed by atoms with E-state index in [-0.39, 0.29) is 0 Å². The van der Waals surface area contributed by atoms with E-state index in [1.807, 2.05) is 0 Å². The zero-order valence-corrected chi connectivity index (χ0v) is 12.2. The maximum atomic E-state index is 6.12. The van der Waals surface area contributed by atoms with Crippen LogP contribution in [0, 0.1) is 12.3 Å². The van der Waals surface area contributed by atoms with Gasteiger partial charge in [0.25, 0.3) is 0 Å². The Hall–Kier alpha value is -0.0500. The number of aryl methyl sites for hydroxylation is 2. The molecule has 1 heterocycles. The molecule has 1 aliphatic carbocycles. The highest BCUT2D eigenvalue weighted by atomic mass is 35.5. The normalized spacial score (nSPS) is 18.8. The fourth-order valence-corrected chi connectivity index (χ4v) is 4.33. The molecule has 0 saturated heterocycles. The number of hydrogen-bond donors (Lipinski definition) is 1. The molecule has 2 rings (SSSR count). The van der Waals surface area contributed by atoms with Gasteiger partial charge in [0.05, 0.1) is 4.34 Å². The fraction of sp³-hybridized carbons (Fsp3) is 0.714. The SMILES string of the molecule is Cc1cc(CCC2(CCN)CCCC2)sc1Cl. The summed E-state index contributed by atoms with van der Waals surface area (Å²) >= 11 is 7.87. The molecule has 0 radical (unpaired) electrons. The van der Waals surface area contributed by atoms with Gasteiger partial charge in [-0.2, -0.15) is 0 Å². The molecule has 1 aliphatic rings. The van der Waals surface area contributed by atoms with Gasteiger partial charge >= 0.3 is 0 Å². The molecule has 1 fully saturated rings. The lowest BCUT2D eigenvalue weighted by Crippen LogP contribution is -2.21. The van der Waals surface area contributed by atoms with E-state index in [1.165, 1.54) is 55.4 Å². The largest absolute Gasteiger partial charge is 0.330 e. The van der Waals surface area contributed by atoms with E-state index in [9.17, 15) is 0 Å². The molecule has 2 N–H and O–H groups in total. The third kappa shape index (κ3) is 3.24. The number of thiophene rings is 1. The van der Waals surface area contributed by atoms with Gasteiger partial charge in [0, 0.05) is 4.88 Å². The van der Waals surface area contributed by atoms with Crippen molar-refractivity contribution in [2.24, 2.45) is 11.1 Å². The Labute approximate surface area is 113 Å². The van der Waals surface area contributed by atoms with Gasteiger partial charge in [0.1, 0.15) is 0 Å². The van der Waals surface area contributed by atoms with Crippen LogP contribution in [0.1, 0.15) is 49.0 Å².